The third-order valence-corrected chi connectivity index (χ3v) is 4.75. The van der Waals surface area contributed by atoms with Crippen LogP contribution in [0.25, 0.3) is 0 Å². The molecule has 2 aromatic rings. The Bertz CT molecular complexity index is 619. The molecule has 1 unspecified atom stereocenters. The Morgan fingerprint density at radius 1 is 1.15 bits per heavy atom. The second-order valence-corrected chi connectivity index (χ2v) is 6.15. The number of halogens is 2. The average Bonchev–Trinajstić information content (AvgIpc) is 2.48. The molecule has 0 aliphatic rings. The molecule has 0 amide bonds. The second-order valence-electron chi connectivity index (χ2n) is 4.89. The molecule has 104 valence electrons. The lowest BCUT2D eigenvalue weighted by Gasteiger charge is -2.09. The van der Waals surface area contributed by atoms with E-state index in [1.807, 2.05) is 24.3 Å². The van der Waals surface area contributed by atoms with Gasteiger partial charge in [0.05, 0.1) is 5.02 Å². The maximum atomic E-state index is 12.4. The number of hydrogen-bond acceptors (Lipinski definition) is 1. The third kappa shape index (κ3) is 3.31. The fraction of sp³-hybridized carbons (Fsp3) is 0.235. The summed E-state index contributed by atoms with van der Waals surface area (Å²) in [5.41, 5.74) is 2.60. The molecule has 0 aromatic heterocycles. The van der Waals surface area contributed by atoms with E-state index < -0.39 is 0 Å². The zero-order valence-corrected chi connectivity index (χ0v) is 13.8. The molecule has 0 aliphatic carbocycles. The van der Waals surface area contributed by atoms with Crippen molar-refractivity contribution in [2.24, 2.45) is 0 Å². The summed E-state index contributed by atoms with van der Waals surface area (Å²) in [5.74, 6) is 0.530. The Hall–Kier alpha value is -1.12. The van der Waals surface area contributed by atoms with Crippen molar-refractivity contribution in [3.63, 3.8) is 0 Å². The molecule has 1 atom stereocenters. The molecule has 0 fully saturated rings. The van der Waals surface area contributed by atoms with E-state index in [2.05, 4.69) is 29.8 Å². The van der Waals surface area contributed by atoms with Gasteiger partial charge < -0.3 is 0 Å². The highest BCUT2D eigenvalue weighted by Crippen LogP contribution is 2.25. The number of carbonyl (C=O) groups excluding carboxylic acids is 1. The summed E-state index contributed by atoms with van der Waals surface area (Å²) in [6.45, 7) is 4.35. The standard InChI is InChI=1S/C17H16BrClO/c1-3-11(2)12-4-6-13(7-5-12)17(20)14-8-9-16(19)15(18)10-14/h4-11H,3H2,1-2H3. The van der Waals surface area contributed by atoms with Gasteiger partial charge in [0.15, 0.2) is 5.78 Å². The van der Waals surface area contributed by atoms with Crippen LogP contribution >= 0.6 is 27.5 Å². The Kier molecular flexibility index (Phi) is 5.00. The van der Waals surface area contributed by atoms with Crippen LogP contribution < -0.4 is 0 Å². The minimum Gasteiger partial charge on any atom is -0.289 e. The van der Waals surface area contributed by atoms with Crippen LogP contribution in [-0.2, 0) is 0 Å². The molecular weight excluding hydrogens is 336 g/mol. The van der Waals surface area contributed by atoms with Crippen molar-refractivity contribution >= 4 is 33.3 Å². The minimum atomic E-state index is 0.0121. The van der Waals surface area contributed by atoms with Crippen LogP contribution in [0.3, 0.4) is 0 Å². The van der Waals surface area contributed by atoms with Crippen LogP contribution in [0.4, 0.5) is 0 Å². The highest BCUT2D eigenvalue weighted by atomic mass is 79.9. The van der Waals surface area contributed by atoms with Crippen LogP contribution in [0, 0.1) is 0 Å². The van der Waals surface area contributed by atoms with Gasteiger partial charge in [-0.2, -0.15) is 0 Å². The molecular formula is C17H16BrClO. The Labute approximate surface area is 133 Å². The number of benzene rings is 2. The molecule has 2 rings (SSSR count). The van der Waals surface area contributed by atoms with Crippen molar-refractivity contribution in [1.29, 1.82) is 0 Å². The van der Waals surface area contributed by atoms with Crippen molar-refractivity contribution < 1.29 is 4.79 Å². The van der Waals surface area contributed by atoms with Crippen LogP contribution in [0.2, 0.25) is 5.02 Å². The van der Waals surface area contributed by atoms with Gasteiger partial charge in [0.1, 0.15) is 0 Å². The predicted molar refractivity (Wildman–Crippen MR) is 87.7 cm³/mol. The SMILES string of the molecule is CCC(C)c1ccc(C(=O)c2ccc(Cl)c(Br)c2)cc1. The van der Waals surface area contributed by atoms with E-state index in [4.69, 9.17) is 11.6 Å². The van der Waals surface area contributed by atoms with Gasteiger partial charge in [0.2, 0.25) is 0 Å². The van der Waals surface area contributed by atoms with Crippen molar-refractivity contribution in [1.82, 2.24) is 0 Å². The average molecular weight is 352 g/mol. The summed E-state index contributed by atoms with van der Waals surface area (Å²) in [6.07, 6.45) is 1.09. The lowest BCUT2D eigenvalue weighted by Crippen LogP contribution is -2.02. The van der Waals surface area contributed by atoms with Crippen molar-refractivity contribution in [3.8, 4) is 0 Å². The number of carbonyl (C=O) groups is 1. The van der Waals surface area contributed by atoms with Gasteiger partial charge >= 0.3 is 0 Å². The zero-order chi connectivity index (χ0) is 14.7. The summed E-state index contributed by atoms with van der Waals surface area (Å²) in [6, 6.07) is 13.1. The second kappa shape index (κ2) is 6.55. The lowest BCUT2D eigenvalue weighted by molar-refractivity contribution is 0.103. The maximum Gasteiger partial charge on any atom is 0.193 e. The third-order valence-electron chi connectivity index (χ3n) is 3.54. The molecule has 0 N–H and O–H groups in total. The van der Waals surface area contributed by atoms with E-state index in [9.17, 15) is 4.79 Å². The molecule has 0 heterocycles. The molecule has 20 heavy (non-hydrogen) atoms. The monoisotopic (exact) mass is 350 g/mol. The largest absolute Gasteiger partial charge is 0.289 e. The molecule has 0 saturated carbocycles. The van der Waals surface area contributed by atoms with E-state index >= 15 is 0 Å². The first-order valence-electron chi connectivity index (χ1n) is 6.62. The first kappa shape index (κ1) is 15.3. The van der Waals surface area contributed by atoms with Crippen molar-refractivity contribution in [2.75, 3.05) is 0 Å². The molecule has 0 radical (unpaired) electrons. The summed E-state index contributed by atoms with van der Waals surface area (Å²) >= 11 is 9.29. The molecule has 0 spiro atoms. The van der Waals surface area contributed by atoms with Crippen LogP contribution in [-0.4, -0.2) is 5.78 Å². The van der Waals surface area contributed by atoms with Crippen molar-refractivity contribution in [3.05, 3.63) is 68.7 Å². The molecule has 0 saturated heterocycles. The van der Waals surface area contributed by atoms with Crippen LogP contribution in [0.15, 0.2) is 46.9 Å². The van der Waals surface area contributed by atoms with E-state index in [0.29, 0.717) is 22.1 Å². The first-order valence-corrected chi connectivity index (χ1v) is 7.79. The number of hydrogen-bond donors (Lipinski definition) is 0. The van der Waals surface area contributed by atoms with Crippen LogP contribution in [0.1, 0.15) is 47.7 Å². The van der Waals surface area contributed by atoms with Gasteiger partial charge in [-0.05, 0) is 52.0 Å². The van der Waals surface area contributed by atoms with Gasteiger partial charge in [0, 0.05) is 15.6 Å². The lowest BCUT2D eigenvalue weighted by atomic mass is 9.95. The molecule has 1 nitrogen and oxygen atoms in total. The molecule has 2 aromatic carbocycles. The van der Waals surface area contributed by atoms with Crippen LogP contribution in [0.5, 0.6) is 0 Å². The highest BCUT2D eigenvalue weighted by Gasteiger charge is 2.11. The van der Waals surface area contributed by atoms with Gasteiger partial charge in [-0.15, -0.1) is 0 Å². The fourth-order valence-electron chi connectivity index (χ4n) is 2.00. The number of ketones is 1. The summed E-state index contributed by atoms with van der Waals surface area (Å²) < 4.78 is 0.737. The fourth-order valence-corrected chi connectivity index (χ4v) is 2.50. The van der Waals surface area contributed by atoms with E-state index in [1.54, 1.807) is 18.2 Å². The first-order chi connectivity index (χ1) is 9.52. The predicted octanol–water partition coefficient (Wildman–Crippen LogP) is 5.85. The van der Waals surface area contributed by atoms with Gasteiger partial charge in [-0.1, -0.05) is 49.7 Å². The Balaban J connectivity index is 2.27. The number of rotatable bonds is 4. The summed E-state index contributed by atoms with van der Waals surface area (Å²) in [5, 5.41) is 0.605. The Morgan fingerprint density at radius 3 is 2.30 bits per heavy atom. The molecule has 3 heteroatoms. The highest BCUT2D eigenvalue weighted by molar-refractivity contribution is 9.10. The quantitative estimate of drug-likeness (QED) is 0.632. The zero-order valence-electron chi connectivity index (χ0n) is 11.5. The van der Waals surface area contributed by atoms with E-state index in [0.717, 1.165) is 10.9 Å². The topological polar surface area (TPSA) is 17.1 Å². The van der Waals surface area contributed by atoms with Gasteiger partial charge in [-0.3, -0.25) is 4.79 Å². The minimum absolute atomic E-state index is 0.0121. The van der Waals surface area contributed by atoms with Crippen molar-refractivity contribution in [2.45, 2.75) is 26.2 Å². The van der Waals surface area contributed by atoms with Gasteiger partial charge in [-0.25, -0.2) is 0 Å². The molecule has 0 aliphatic heterocycles. The smallest absolute Gasteiger partial charge is 0.193 e. The summed E-state index contributed by atoms with van der Waals surface area (Å²) in [4.78, 5) is 12.4. The van der Waals surface area contributed by atoms with E-state index in [-0.39, 0.29) is 5.78 Å². The molecule has 0 bridgehead atoms. The summed E-state index contributed by atoms with van der Waals surface area (Å²) in [7, 11) is 0. The maximum absolute atomic E-state index is 12.4. The normalized spacial score (nSPS) is 12.2. The van der Waals surface area contributed by atoms with Gasteiger partial charge in [0.25, 0.3) is 0 Å². The van der Waals surface area contributed by atoms with E-state index in [1.165, 1.54) is 5.56 Å². The Morgan fingerprint density at radius 2 is 1.75 bits per heavy atom.